The quantitative estimate of drug-likeness (QED) is 0.300. The van der Waals surface area contributed by atoms with Crippen molar-refractivity contribution in [3.63, 3.8) is 0 Å². The predicted molar refractivity (Wildman–Crippen MR) is 131 cm³/mol. The molecule has 5 rings (SSSR count). The topological polar surface area (TPSA) is 46.6 Å². The van der Waals surface area contributed by atoms with Crippen LogP contribution in [0.2, 0.25) is 0 Å². The first kappa shape index (κ1) is 21.2. The summed E-state index contributed by atoms with van der Waals surface area (Å²) >= 11 is 0. The third kappa shape index (κ3) is 4.61. The van der Waals surface area contributed by atoms with E-state index in [1.807, 2.05) is 59.5 Å². The van der Waals surface area contributed by atoms with Gasteiger partial charge in [-0.15, -0.1) is 0 Å². The van der Waals surface area contributed by atoms with Crippen molar-refractivity contribution < 1.29 is 14.3 Å². The van der Waals surface area contributed by atoms with E-state index in [2.05, 4.69) is 30.3 Å². The molecule has 33 heavy (non-hydrogen) atoms. The Morgan fingerprint density at radius 3 is 2.00 bits per heavy atom. The fourth-order valence-corrected chi connectivity index (χ4v) is 4.86. The summed E-state index contributed by atoms with van der Waals surface area (Å²) in [6.07, 6.45) is 3.00. The molecule has 4 heteroatoms. The molecule has 1 aliphatic heterocycles. The van der Waals surface area contributed by atoms with Gasteiger partial charge in [-0.25, -0.2) is 4.79 Å². The highest BCUT2D eigenvalue weighted by Crippen LogP contribution is 2.29. The maximum Gasteiger partial charge on any atom is 0.339 e. The van der Waals surface area contributed by atoms with Crippen LogP contribution in [0.15, 0.2) is 84.9 Å². The molecule has 0 aromatic heterocycles. The molecule has 1 heterocycles. The summed E-state index contributed by atoms with van der Waals surface area (Å²) in [5.41, 5.74) is 1.87. The molecule has 1 saturated heterocycles. The summed E-state index contributed by atoms with van der Waals surface area (Å²) in [6, 6.07) is 28.2. The van der Waals surface area contributed by atoms with Crippen LogP contribution in [0.25, 0.3) is 21.5 Å². The average Bonchev–Trinajstić information content (AvgIpc) is 2.86. The molecular formula is C29H27NO3. The zero-order valence-corrected chi connectivity index (χ0v) is 18.6. The molecule has 0 unspecified atom stereocenters. The first-order valence-electron chi connectivity index (χ1n) is 11.6. The smallest absolute Gasteiger partial charge is 0.339 e. The molecule has 1 aliphatic rings. The minimum Gasteiger partial charge on any atom is -0.452 e. The molecule has 0 saturated carbocycles. The van der Waals surface area contributed by atoms with Crippen molar-refractivity contribution in [3.8, 4) is 0 Å². The number of amides is 1. The number of fused-ring (bicyclic) bond motifs is 2. The lowest BCUT2D eigenvalue weighted by atomic mass is 9.90. The Kier molecular flexibility index (Phi) is 6.07. The number of benzene rings is 4. The summed E-state index contributed by atoms with van der Waals surface area (Å²) in [5.74, 6) is 0.0161. The molecule has 166 valence electrons. The maximum atomic E-state index is 13.1. The molecule has 0 atom stereocenters. The van der Waals surface area contributed by atoms with Crippen LogP contribution < -0.4 is 0 Å². The number of rotatable bonds is 5. The number of ether oxygens (including phenoxy) is 1. The highest BCUT2D eigenvalue weighted by atomic mass is 16.5. The molecule has 4 aromatic carbocycles. The first-order chi connectivity index (χ1) is 16.2. The van der Waals surface area contributed by atoms with Crippen molar-refractivity contribution in [2.45, 2.75) is 19.3 Å². The second-order valence-electron chi connectivity index (χ2n) is 8.78. The Morgan fingerprint density at radius 1 is 0.788 bits per heavy atom. The van der Waals surface area contributed by atoms with E-state index in [1.54, 1.807) is 0 Å². The van der Waals surface area contributed by atoms with Gasteiger partial charge in [-0.1, -0.05) is 78.9 Å². The van der Waals surface area contributed by atoms with Crippen LogP contribution in [-0.4, -0.2) is 36.5 Å². The van der Waals surface area contributed by atoms with Crippen LogP contribution in [0.1, 0.15) is 28.8 Å². The van der Waals surface area contributed by atoms with Crippen molar-refractivity contribution in [1.29, 1.82) is 0 Å². The maximum absolute atomic E-state index is 13.1. The third-order valence-corrected chi connectivity index (χ3v) is 6.64. The van der Waals surface area contributed by atoms with Gasteiger partial charge in [0.15, 0.2) is 6.61 Å². The van der Waals surface area contributed by atoms with E-state index < -0.39 is 5.97 Å². The molecule has 1 amide bonds. The van der Waals surface area contributed by atoms with Gasteiger partial charge in [-0.3, -0.25) is 4.79 Å². The second-order valence-corrected chi connectivity index (χ2v) is 8.78. The number of hydrogen-bond donors (Lipinski definition) is 0. The van der Waals surface area contributed by atoms with Crippen molar-refractivity contribution in [2.75, 3.05) is 19.7 Å². The Hall–Kier alpha value is -3.66. The van der Waals surface area contributed by atoms with E-state index in [1.165, 1.54) is 5.56 Å². The predicted octanol–water partition coefficient (Wildman–Crippen LogP) is 5.63. The fraction of sp³-hybridized carbons (Fsp3) is 0.241. The summed E-state index contributed by atoms with van der Waals surface area (Å²) in [5, 5.41) is 3.65. The zero-order valence-electron chi connectivity index (χ0n) is 18.6. The van der Waals surface area contributed by atoms with Gasteiger partial charge in [0.25, 0.3) is 5.91 Å². The number of esters is 1. The van der Waals surface area contributed by atoms with Crippen LogP contribution in [0.4, 0.5) is 0 Å². The van der Waals surface area contributed by atoms with Gasteiger partial charge < -0.3 is 9.64 Å². The molecule has 4 aromatic rings. The van der Waals surface area contributed by atoms with Crippen LogP contribution >= 0.6 is 0 Å². The number of piperidine rings is 1. The summed E-state index contributed by atoms with van der Waals surface area (Å²) in [4.78, 5) is 27.7. The van der Waals surface area contributed by atoms with Gasteiger partial charge in [-0.2, -0.15) is 0 Å². The van der Waals surface area contributed by atoms with Crippen molar-refractivity contribution in [2.24, 2.45) is 5.92 Å². The van der Waals surface area contributed by atoms with Gasteiger partial charge in [0, 0.05) is 13.1 Å². The molecule has 0 aliphatic carbocycles. The summed E-state index contributed by atoms with van der Waals surface area (Å²) in [6.45, 7) is 1.20. The lowest BCUT2D eigenvalue weighted by molar-refractivity contribution is -0.135. The first-order valence-corrected chi connectivity index (χ1v) is 11.6. The molecule has 1 fully saturated rings. The highest BCUT2D eigenvalue weighted by Gasteiger charge is 2.24. The van der Waals surface area contributed by atoms with Crippen molar-refractivity contribution in [3.05, 3.63) is 96.1 Å². The Labute approximate surface area is 193 Å². The molecule has 0 N–H and O–H groups in total. The number of nitrogens with zero attached hydrogens (tertiary/aromatic N) is 1. The number of carbonyl (C=O) groups is 2. The largest absolute Gasteiger partial charge is 0.452 e. The van der Waals surface area contributed by atoms with E-state index >= 15 is 0 Å². The molecule has 0 bridgehead atoms. The van der Waals surface area contributed by atoms with Crippen LogP contribution in [-0.2, 0) is 16.0 Å². The van der Waals surface area contributed by atoms with E-state index in [0.717, 1.165) is 40.8 Å². The monoisotopic (exact) mass is 437 g/mol. The number of carbonyl (C=O) groups excluding carboxylic acids is 2. The van der Waals surface area contributed by atoms with Crippen molar-refractivity contribution >= 4 is 33.4 Å². The zero-order chi connectivity index (χ0) is 22.6. The van der Waals surface area contributed by atoms with E-state index in [4.69, 9.17) is 4.74 Å². The van der Waals surface area contributed by atoms with Gasteiger partial charge in [0.1, 0.15) is 0 Å². The van der Waals surface area contributed by atoms with Gasteiger partial charge in [-0.05, 0) is 58.4 Å². The van der Waals surface area contributed by atoms with Crippen molar-refractivity contribution in [1.82, 2.24) is 4.90 Å². The standard InChI is InChI=1S/C29H27NO3/c31-27(30-16-14-22(15-17-30)18-21-8-2-1-3-9-21)20-33-29(32)28-25-12-6-4-10-23(25)19-24-11-5-7-13-26(24)28/h1-13,19,22H,14-18,20H2. The van der Waals surface area contributed by atoms with Gasteiger partial charge in [0.2, 0.25) is 0 Å². The fourth-order valence-electron chi connectivity index (χ4n) is 4.86. The lowest BCUT2D eigenvalue weighted by Gasteiger charge is -2.32. The van der Waals surface area contributed by atoms with E-state index in [-0.39, 0.29) is 12.5 Å². The van der Waals surface area contributed by atoms with Crippen LogP contribution in [0, 0.1) is 5.92 Å². The normalized spacial score (nSPS) is 14.5. The van der Waals surface area contributed by atoms with Gasteiger partial charge in [0.05, 0.1) is 5.56 Å². The third-order valence-electron chi connectivity index (χ3n) is 6.64. The van der Waals surface area contributed by atoms with Gasteiger partial charge >= 0.3 is 5.97 Å². The second kappa shape index (κ2) is 9.45. The lowest BCUT2D eigenvalue weighted by Crippen LogP contribution is -2.41. The molecule has 4 nitrogen and oxygen atoms in total. The minimum atomic E-state index is -0.449. The summed E-state index contributed by atoms with van der Waals surface area (Å²) in [7, 11) is 0. The SMILES string of the molecule is O=C(OCC(=O)N1CCC(Cc2ccccc2)CC1)c1c2ccccc2cc2ccccc12. The number of hydrogen-bond acceptors (Lipinski definition) is 3. The van der Waals surface area contributed by atoms with E-state index in [9.17, 15) is 9.59 Å². The Balaban J connectivity index is 1.23. The molecule has 0 spiro atoms. The summed E-state index contributed by atoms with van der Waals surface area (Å²) < 4.78 is 5.55. The molecular weight excluding hydrogens is 410 g/mol. The Bertz CT molecular complexity index is 1240. The number of likely N-dealkylation sites (tertiary alicyclic amines) is 1. The van der Waals surface area contributed by atoms with Crippen LogP contribution in [0.3, 0.4) is 0 Å². The van der Waals surface area contributed by atoms with Crippen LogP contribution in [0.5, 0.6) is 0 Å². The molecule has 0 radical (unpaired) electrons. The Morgan fingerprint density at radius 2 is 1.36 bits per heavy atom. The average molecular weight is 438 g/mol. The highest BCUT2D eigenvalue weighted by molar-refractivity contribution is 6.16. The van der Waals surface area contributed by atoms with E-state index in [0.29, 0.717) is 24.6 Å². The minimum absolute atomic E-state index is 0.119.